The van der Waals surface area contributed by atoms with E-state index in [1.165, 1.54) is 20.4 Å². The Bertz CT molecular complexity index is 1120. The van der Waals surface area contributed by atoms with Gasteiger partial charge in [0.15, 0.2) is 17.2 Å². The summed E-state index contributed by atoms with van der Waals surface area (Å²) in [5.41, 5.74) is 8.62. The molecular weight excluding hydrogens is 386 g/mol. The van der Waals surface area contributed by atoms with E-state index in [1.54, 1.807) is 24.9 Å². The minimum Gasteiger partial charge on any atom is -0.493 e. The molecule has 0 radical (unpaired) electrons. The number of carbonyl (C=O) groups is 1. The van der Waals surface area contributed by atoms with Gasteiger partial charge in [0.05, 0.1) is 39.7 Å². The summed E-state index contributed by atoms with van der Waals surface area (Å²) >= 11 is 0. The van der Waals surface area contributed by atoms with Gasteiger partial charge in [-0.3, -0.25) is 0 Å². The molecule has 8 heteroatoms. The molecule has 30 heavy (non-hydrogen) atoms. The second-order valence-electron chi connectivity index (χ2n) is 6.24. The smallest absolute Gasteiger partial charge is 0.357 e. The number of anilines is 1. The van der Waals surface area contributed by atoms with Gasteiger partial charge in [-0.2, -0.15) is 5.26 Å². The van der Waals surface area contributed by atoms with Crippen LogP contribution in [0.5, 0.6) is 17.2 Å². The molecule has 0 spiro atoms. The summed E-state index contributed by atoms with van der Waals surface area (Å²) in [4.78, 5) is 12.3. The molecule has 0 aliphatic rings. The summed E-state index contributed by atoms with van der Waals surface area (Å²) in [6.45, 7) is 0. The van der Waals surface area contributed by atoms with Crippen molar-refractivity contribution in [2.45, 2.75) is 0 Å². The van der Waals surface area contributed by atoms with Crippen molar-refractivity contribution in [1.29, 1.82) is 5.26 Å². The number of carbonyl (C=O) groups excluding carboxylic acids is 1. The van der Waals surface area contributed by atoms with Crippen molar-refractivity contribution in [2.75, 3.05) is 34.2 Å². The van der Waals surface area contributed by atoms with Crippen LogP contribution < -0.4 is 19.9 Å². The zero-order chi connectivity index (χ0) is 21.8. The zero-order valence-electron chi connectivity index (χ0n) is 17.1. The van der Waals surface area contributed by atoms with E-state index in [0.717, 1.165) is 11.1 Å². The van der Waals surface area contributed by atoms with E-state index >= 15 is 0 Å². The second-order valence-corrected chi connectivity index (χ2v) is 6.24. The summed E-state index contributed by atoms with van der Waals surface area (Å²) in [6, 6.07) is 13.0. The predicted molar refractivity (Wildman–Crippen MR) is 111 cm³/mol. The van der Waals surface area contributed by atoms with Gasteiger partial charge in [-0.15, -0.1) is 0 Å². The third-order valence-corrected chi connectivity index (χ3v) is 4.67. The van der Waals surface area contributed by atoms with E-state index in [-0.39, 0.29) is 16.9 Å². The average molecular weight is 407 g/mol. The maximum Gasteiger partial charge on any atom is 0.357 e. The van der Waals surface area contributed by atoms with Crippen molar-refractivity contribution in [3.63, 3.8) is 0 Å². The highest BCUT2D eigenvalue weighted by Crippen LogP contribution is 2.41. The molecule has 0 fully saturated rings. The average Bonchev–Trinajstić information content (AvgIpc) is 3.13. The Balaban J connectivity index is 2.18. The maximum absolute atomic E-state index is 12.3. The molecule has 1 heterocycles. The van der Waals surface area contributed by atoms with Gasteiger partial charge in [0.2, 0.25) is 5.75 Å². The van der Waals surface area contributed by atoms with Crippen LogP contribution in [0, 0.1) is 11.3 Å². The molecule has 0 amide bonds. The fourth-order valence-electron chi connectivity index (χ4n) is 3.20. The molecule has 1 aromatic heterocycles. The molecular formula is C22H21N3O5. The minimum atomic E-state index is -0.632. The third-order valence-electron chi connectivity index (χ3n) is 4.67. The number of aromatic nitrogens is 1. The first-order valence-corrected chi connectivity index (χ1v) is 8.89. The van der Waals surface area contributed by atoms with Crippen LogP contribution in [-0.2, 0) is 4.74 Å². The van der Waals surface area contributed by atoms with E-state index in [9.17, 15) is 10.1 Å². The lowest BCUT2D eigenvalue weighted by Crippen LogP contribution is -2.11. The van der Waals surface area contributed by atoms with Crippen LogP contribution in [0.15, 0.2) is 42.6 Å². The first-order chi connectivity index (χ1) is 14.5. The van der Waals surface area contributed by atoms with Crippen molar-refractivity contribution in [2.24, 2.45) is 0 Å². The van der Waals surface area contributed by atoms with Crippen LogP contribution in [0.4, 0.5) is 5.69 Å². The molecule has 0 aliphatic heterocycles. The Hall–Kier alpha value is -4.12. The molecule has 0 bridgehead atoms. The highest BCUT2D eigenvalue weighted by molar-refractivity contribution is 5.96. The minimum absolute atomic E-state index is 0.0718. The van der Waals surface area contributed by atoms with E-state index < -0.39 is 5.97 Å². The van der Waals surface area contributed by atoms with Gasteiger partial charge in [0, 0.05) is 11.9 Å². The van der Waals surface area contributed by atoms with Gasteiger partial charge in [-0.05, 0) is 35.4 Å². The number of methoxy groups -OCH3 is 4. The standard InChI is InChI=1S/C22H21N3O5/c1-27-17-9-14(10-18(28-2)21(17)29-3)13-6-5-7-16(8-13)25-12-15(11-23)19(24)20(25)22(26)30-4/h5-10,12H,24H2,1-4H3. The number of nitrogen functional groups attached to an aromatic ring is 1. The van der Waals surface area contributed by atoms with E-state index in [1.807, 2.05) is 36.4 Å². The lowest BCUT2D eigenvalue weighted by molar-refractivity contribution is 0.0593. The van der Waals surface area contributed by atoms with Gasteiger partial charge in [-0.1, -0.05) is 12.1 Å². The van der Waals surface area contributed by atoms with Gasteiger partial charge in [-0.25, -0.2) is 4.79 Å². The first kappa shape index (κ1) is 20.6. The molecule has 2 N–H and O–H groups in total. The monoisotopic (exact) mass is 407 g/mol. The van der Waals surface area contributed by atoms with Crippen molar-refractivity contribution >= 4 is 11.7 Å². The van der Waals surface area contributed by atoms with Crippen molar-refractivity contribution < 1.29 is 23.7 Å². The number of benzene rings is 2. The van der Waals surface area contributed by atoms with Gasteiger partial charge in [0.25, 0.3) is 0 Å². The second kappa shape index (κ2) is 8.49. The number of hydrogen-bond acceptors (Lipinski definition) is 7. The molecule has 0 unspecified atom stereocenters. The van der Waals surface area contributed by atoms with Crippen LogP contribution in [0.25, 0.3) is 16.8 Å². The van der Waals surface area contributed by atoms with Gasteiger partial charge in [0.1, 0.15) is 6.07 Å². The molecule has 8 nitrogen and oxygen atoms in total. The van der Waals surface area contributed by atoms with Crippen molar-refractivity contribution in [3.05, 3.63) is 53.9 Å². The molecule has 0 atom stereocenters. The van der Waals surface area contributed by atoms with E-state index in [0.29, 0.717) is 22.9 Å². The highest BCUT2D eigenvalue weighted by atomic mass is 16.5. The maximum atomic E-state index is 12.3. The lowest BCUT2D eigenvalue weighted by atomic mass is 10.0. The molecule has 3 rings (SSSR count). The van der Waals surface area contributed by atoms with Crippen molar-refractivity contribution in [1.82, 2.24) is 4.57 Å². The van der Waals surface area contributed by atoms with Crippen LogP contribution in [0.3, 0.4) is 0 Å². The number of hydrogen-bond donors (Lipinski definition) is 1. The molecule has 3 aromatic rings. The summed E-state index contributed by atoms with van der Waals surface area (Å²) in [5, 5.41) is 9.32. The van der Waals surface area contributed by atoms with E-state index in [4.69, 9.17) is 24.7 Å². The van der Waals surface area contributed by atoms with Crippen LogP contribution in [-0.4, -0.2) is 39.0 Å². The van der Waals surface area contributed by atoms with Gasteiger partial charge >= 0.3 is 5.97 Å². The van der Waals surface area contributed by atoms with Crippen LogP contribution >= 0.6 is 0 Å². The summed E-state index contributed by atoms with van der Waals surface area (Å²) in [6.07, 6.45) is 1.51. The topological polar surface area (TPSA) is 109 Å². The largest absolute Gasteiger partial charge is 0.493 e. The quantitative estimate of drug-likeness (QED) is 0.624. The number of ether oxygens (including phenoxy) is 4. The first-order valence-electron chi connectivity index (χ1n) is 8.89. The number of esters is 1. The Kier molecular flexibility index (Phi) is 5.83. The van der Waals surface area contributed by atoms with E-state index in [2.05, 4.69) is 0 Å². The number of rotatable bonds is 6. The highest BCUT2D eigenvalue weighted by Gasteiger charge is 2.22. The molecule has 2 aromatic carbocycles. The lowest BCUT2D eigenvalue weighted by Gasteiger charge is -2.15. The fourth-order valence-corrected chi connectivity index (χ4v) is 3.20. The summed E-state index contributed by atoms with van der Waals surface area (Å²) < 4.78 is 22.6. The SMILES string of the molecule is COC(=O)c1c(N)c(C#N)cn1-c1cccc(-c2cc(OC)c(OC)c(OC)c2)c1. The van der Waals surface area contributed by atoms with Crippen molar-refractivity contribution in [3.8, 4) is 40.1 Å². The van der Waals surface area contributed by atoms with Crippen LogP contribution in [0.2, 0.25) is 0 Å². The fraction of sp³-hybridized carbons (Fsp3) is 0.182. The zero-order valence-corrected chi connectivity index (χ0v) is 17.1. The Morgan fingerprint density at radius 3 is 2.20 bits per heavy atom. The Morgan fingerprint density at radius 1 is 1.00 bits per heavy atom. The van der Waals surface area contributed by atoms with Crippen LogP contribution in [0.1, 0.15) is 16.1 Å². The molecule has 0 saturated carbocycles. The molecule has 0 aliphatic carbocycles. The van der Waals surface area contributed by atoms with Gasteiger partial charge < -0.3 is 29.2 Å². The number of nitrogens with zero attached hydrogens (tertiary/aromatic N) is 2. The predicted octanol–water partition coefficient (Wildman–Crippen LogP) is 3.41. The molecule has 0 saturated heterocycles. The summed E-state index contributed by atoms with van der Waals surface area (Å²) in [7, 11) is 5.90. The number of nitriles is 1. The molecule has 154 valence electrons. The third kappa shape index (κ3) is 3.49. The Labute approximate surface area is 174 Å². The number of nitrogens with two attached hydrogens (primary N) is 1. The normalized spacial score (nSPS) is 10.2. The summed E-state index contributed by atoms with van der Waals surface area (Å²) in [5.74, 6) is 0.894. The Morgan fingerprint density at radius 2 is 1.67 bits per heavy atom.